The number of sulfonamides is 1. The number of hydrogen-bond acceptors (Lipinski definition) is 7. The minimum absolute atomic E-state index is 0.0492. The first-order chi connectivity index (χ1) is 16.1. The zero-order chi connectivity index (χ0) is 24.1. The average Bonchev–Trinajstić information content (AvgIpc) is 3.28. The van der Waals surface area contributed by atoms with Crippen LogP contribution in [-0.2, 0) is 21.2 Å². The highest BCUT2D eigenvalue weighted by Crippen LogP contribution is 2.64. The Morgan fingerprint density at radius 1 is 1.15 bits per heavy atom. The van der Waals surface area contributed by atoms with Crippen LogP contribution in [0.15, 0.2) is 24.3 Å². The maximum Gasteiger partial charge on any atom is 0.215 e. The van der Waals surface area contributed by atoms with Crippen molar-refractivity contribution in [1.82, 2.24) is 13.7 Å². The van der Waals surface area contributed by atoms with Crippen molar-refractivity contribution in [3.63, 3.8) is 0 Å². The standard InChI is InChI=1S/C24H31ClN4O3S2/c1-23(2)18-8-9-24(23,20(30)15-18)16-34(31,32)29-11-3-10-28(12-13-29)22-26-21(27-33-22)14-17-4-6-19(25)7-5-17/h4-7,18H,3,8-16H2,1-2H3. The zero-order valence-electron chi connectivity index (χ0n) is 19.7. The van der Waals surface area contributed by atoms with Crippen LogP contribution in [0.4, 0.5) is 5.13 Å². The Labute approximate surface area is 210 Å². The van der Waals surface area contributed by atoms with Crippen LogP contribution in [0.1, 0.15) is 50.9 Å². The van der Waals surface area contributed by atoms with Crippen LogP contribution in [0.25, 0.3) is 0 Å². The molecule has 1 saturated heterocycles. The predicted molar refractivity (Wildman–Crippen MR) is 135 cm³/mol. The molecule has 1 aromatic carbocycles. The van der Waals surface area contributed by atoms with Crippen LogP contribution in [-0.4, -0.2) is 59.8 Å². The molecule has 2 aliphatic carbocycles. The lowest BCUT2D eigenvalue weighted by molar-refractivity contribution is -0.128. The number of ketones is 1. The maximum atomic E-state index is 13.5. The lowest BCUT2D eigenvalue weighted by atomic mass is 9.70. The number of aromatic nitrogens is 2. The van der Waals surface area contributed by atoms with E-state index in [0.29, 0.717) is 49.8 Å². The Bertz CT molecular complexity index is 1180. The van der Waals surface area contributed by atoms with E-state index < -0.39 is 15.4 Å². The van der Waals surface area contributed by atoms with Crippen molar-refractivity contribution in [3.8, 4) is 0 Å². The molecule has 34 heavy (non-hydrogen) atoms. The number of nitrogens with zero attached hydrogens (tertiary/aromatic N) is 4. The van der Waals surface area contributed by atoms with Gasteiger partial charge in [-0.25, -0.2) is 17.7 Å². The highest BCUT2D eigenvalue weighted by Gasteiger charge is 2.65. The molecule has 2 saturated carbocycles. The SMILES string of the molecule is CC1(C)C2CCC1(CS(=O)(=O)N1CCCN(c3nc(Cc4ccc(Cl)cc4)ns3)CC1)C(=O)C2. The van der Waals surface area contributed by atoms with E-state index in [1.165, 1.54) is 11.5 Å². The van der Waals surface area contributed by atoms with Crippen molar-refractivity contribution in [2.75, 3.05) is 36.8 Å². The molecule has 0 radical (unpaired) electrons. The monoisotopic (exact) mass is 522 g/mol. The molecular formula is C24H31ClN4O3S2. The molecule has 0 amide bonds. The topological polar surface area (TPSA) is 83.5 Å². The van der Waals surface area contributed by atoms with Crippen LogP contribution in [0.2, 0.25) is 5.02 Å². The number of halogens is 1. The zero-order valence-corrected chi connectivity index (χ0v) is 22.1. The summed E-state index contributed by atoms with van der Waals surface area (Å²) in [7, 11) is -3.54. The summed E-state index contributed by atoms with van der Waals surface area (Å²) >= 11 is 7.32. The molecule has 10 heteroatoms. The summed E-state index contributed by atoms with van der Waals surface area (Å²) in [4.78, 5) is 19.7. The highest BCUT2D eigenvalue weighted by molar-refractivity contribution is 7.89. The van der Waals surface area contributed by atoms with Gasteiger partial charge in [0.2, 0.25) is 15.2 Å². The molecule has 2 atom stereocenters. The molecule has 2 unspecified atom stereocenters. The van der Waals surface area contributed by atoms with E-state index >= 15 is 0 Å². The second-order valence-corrected chi connectivity index (χ2v) is 13.6. The number of carbonyl (C=O) groups excluding carboxylic acids is 1. The van der Waals surface area contributed by atoms with E-state index in [0.717, 1.165) is 35.9 Å². The normalized spacial score (nSPS) is 27.3. The van der Waals surface area contributed by atoms with Gasteiger partial charge in [0.15, 0.2) is 0 Å². The third-order valence-electron chi connectivity index (χ3n) is 8.42. The first kappa shape index (κ1) is 24.2. The van der Waals surface area contributed by atoms with Crippen molar-refractivity contribution in [1.29, 1.82) is 0 Å². The van der Waals surface area contributed by atoms with Crippen LogP contribution in [0.5, 0.6) is 0 Å². The van der Waals surface area contributed by atoms with Gasteiger partial charge in [-0.05, 0) is 48.3 Å². The number of hydrogen-bond donors (Lipinski definition) is 0. The summed E-state index contributed by atoms with van der Waals surface area (Å²) < 4.78 is 33.1. The van der Waals surface area contributed by atoms with Gasteiger partial charge in [-0.15, -0.1) is 0 Å². The van der Waals surface area contributed by atoms with E-state index in [9.17, 15) is 13.2 Å². The summed E-state index contributed by atoms with van der Waals surface area (Å²) in [6.07, 6.45) is 3.54. The van der Waals surface area contributed by atoms with Gasteiger partial charge in [-0.3, -0.25) is 4.79 Å². The number of anilines is 1. The van der Waals surface area contributed by atoms with Gasteiger partial charge in [-0.2, -0.15) is 4.37 Å². The summed E-state index contributed by atoms with van der Waals surface area (Å²) in [5, 5.41) is 1.53. The van der Waals surface area contributed by atoms with Crippen LogP contribution < -0.4 is 4.90 Å². The number of rotatable bonds is 6. The molecular weight excluding hydrogens is 492 g/mol. The largest absolute Gasteiger partial charge is 0.345 e. The van der Waals surface area contributed by atoms with Gasteiger partial charge in [0.1, 0.15) is 11.6 Å². The first-order valence-electron chi connectivity index (χ1n) is 11.9. The summed E-state index contributed by atoms with van der Waals surface area (Å²) in [6, 6.07) is 7.67. The number of fused-ring (bicyclic) bond motifs is 2. The molecule has 2 heterocycles. The minimum Gasteiger partial charge on any atom is -0.345 e. The van der Waals surface area contributed by atoms with E-state index in [2.05, 4.69) is 23.1 Å². The Kier molecular flexibility index (Phi) is 6.28. The molecule has 2 bridgehead atoms. The lowest BCUT2D eigenvalue weighted by Crippen LogP contribution is -2.47. The number of carbonyl (C=O) groups is 1. The van der Waals surface area contributed by atoms with Crippen molar-refractivity contribution in [2.45, 2.75) is 46.0 Å². The fourth-order valence-electron chi connectivity index (χ4n) is 6.10. The predicted octanol–water partition coefficient (Wildman–Crippen LogP) is 4.02. The van der Waals surface area contributed by atoms with Crippen molar-refractivity contribution in [3.05, 3.63) is 40.7 Å². The third kappa shape index (κ3) is 4.18. The fraction of sp³-hybridized carbons (Fsp3) is 0.625. The molecule has 5 rings (SSSR count). The molecule has 184 valence electrons. The molecule has 7 nitrogen and oxygen atoms in total. The summed E-state index contributed by atoms with van der Waals surface area (Å²) in [5.41, 5.74) is 0.125. The molecule has 3 aliphatic rings. The Morgan fingerprint density at radius 3 is 2.59 bits per heavy atom. The smallest absolute Gasteiger partial charge is 0.215 e. The highest BCUT2D eigenvalue weighted by atomic mass is 35.5. The summed E-state index contributed by atoms with van der Waals surface area (Å²) in [5.74, 6) is 1.17. The van der Waals surface area contributed by atoms with Crippen molar-refractivity contribution >= 4 is 44.1 Å². The van der Waals surface area contributed by atoms with Crippen molar-refractivity contribution in [2.24, 2.45) is 16.7 Å². The maximum absolute atomic E-state index is 13.5. The lowest BCUT2D eigenvalue weighted by Gasteiger charge is -2.37. The molecule has 3 fully saturated rings. The van der Waals surface area contributed by atoms with Crippen LogP contribution in [0.3, 0.4) is 0 Å². The van der Waals surface area contributed by atoms with Gasteiger partial charge >= 0.3 is 0 Å². The first-order valence-corrected chi connectivity index (χ1v) is 14.7. The Morgan fingerprint density at radius 2 is 1.91 bits per heavy atom. The Hall–Kier alpha value is -1.55. The van der Waals surface area contributed by atoms with E-state index in [-0.39, 0.29) is 17.0 Å². The Balaban J connectivity index is 1.25. The summed E-state index contributed by atoms with van der Waals surface area (Å²) in [6.45, 7) is 6.37. The average molecular weight is 523 g/mol. The van der Waals surface area contributed by atoms with Crippen LogP contribution >= 0.6 is 23.1 Å². The number of Topliss-reactive ketones (excluding diaryl/α,β-unsaturated/α-hetero) is 1. The third-order valence-corrected chi connectivity index (χ3v) is 11.5. The molecule has 1 aliphatic heterocycles. The van der Waals surface area contributed by atoms with Gasteiger partial charge in [0, 0.05) is 61.0 Å². The van der Waals surface area contributed by atoms with Gasteiger partial charge in [0.25, 0.3) is 0 Å². The quantitative estimate of drug-likeness (QED) is 0.569. The second-order valence-electron chi connectivity index (χ2n) is 10.5. The molecule has 0 N–H and O–H groups in total. The molecule has 1 aromatic heterocycles. The van der Waals surface area contributed by atoms with E-state index in [1.807, 2.05) is 24.3 Å². The van der Waals surface area contributed by atoms with Gasteiger partial charge in [-0.1, -0.05) is 37.6 Å². The molecule has 0 spiro atoms. The molecule has 2 aromatic rings. The minimum atomic E-state index is -3.54. The van der Waals surface area contributed by atoms with E-state index in [1.54, 1.807) is 4.31 Å². The number of benzene rings is 1. The van der Waals surface area contributed by atoms with Crippen molar-refractivity contribution < 1.29 is 13.2 Å². The van der Waals surface area contributed by atoms with Gasteiger partial charge in [0.05, 0.1) is 5.75 Å². The van der Waals surface area contributed by atoms with Gasteiger partial charge < -0.3 is 4.90 Å². The van der Waals surface area contributed by atoms with E-state index in [4.69, 9.17) is 16.6 Å². The second kappa shape index (κ2) is 8.84. The van der Waals surface area contributed by atoms with Crippen LogP contribution in [0, 0.1) is 16.7 Å². The fourth-order valence-corrected chi connectivity index (χ4v) is 9.22.